The normalized spacial score (nSPS) is 14.7. The topological polar surface area (TPSA) is 42.2 Å². The lowest BCUT2D eigenvalue weighted by Gasteiger charge is -2.25. The predicted octanol–water partition coefficient (Wildman–Crippen LogP) is 3.60. The van der Waals surface area contributed by atoms with Gasteiger partial charge in [-0.1, -0.05) is 30.3 Å². The van der Waals surface area contributed by atoms with E-state index in [1.54, 1.807) is 6.33 Å². The zero-order chi connectivity index (χ0) is 15.6. The number of nitrogens with zero attached hydrogens (tertiary/aromatic N) is 3. The van der Waals surface area contributed by atoms with E-state index < -0.39 is 0 Å². The zero-order valence-electron chi connectivity index (χ0n) is 13.2. The van der Waals surface area contributed by atoms with Crippen LogP contribution in [-0.2, 0) is 19.5 Å². The third-order valence-electron chi connectivity index (χ3n) is 4.32. The Hall–Kier alpha value is -2.46. The summed E-state index contributed by atoms with van der Waals surface area (Å²) in [4.78, 5) is 10.9. The van der Waals surface area contributed by atoms with Crippen LogP contribution in [0.25, 0.3) is 11.5 Å². The third kappa shape index (κ3) is 2.90. The molecule has 4 heteroatoms. The standard InChI is InChI=1S/C19H19N3O/c1-14-10-20-13-21-19(14)18-9-16-12-22(8-7-17(16)23-18)11-15-5-3-2-4-6-15/h2-6,9-10,13H,7-8,11-12H2,1H3. The van der Waals surface area contributed by atoms with Gasteiger partial charge in [-0.05, 0) is 24.1 Å². The molecule has 0 fully saturated rings. The summed E-state index contributed by atoms with van der Waals surface area (Å²) in [7, 11) is 0. The van der Waals surface area contributed by atoms with Crippen LogP contribution in [0, 0.1) is 6.92 Å². The molecular weight excluding hydrogens is 286 g/mol. The number of hydrogen-bond donors (Lipinski definition) is 0. The lowest BCUT2D eigenvalue weighted by molar-refractivity contribution is 0.234. The largest absolute Gasteiger partial charge is 0.459 e. The fourth-order valence-corrected chi connectivity index (χ4v) is 3.14. The maximum absolute atomic E-state index is 6.05. The highest BCUT2D eigenvalue weighted by Crippen LogP contribution is 2.30. The molecule has 0 N–H and O–H groups in total. The summed E-state index contributed by atoms with van der Waals surface area (Å²) < 4.78 is 6.05. The molecule has 0 saturated heterocycles. The third-order valence-corrected chi connectivity index (χ3v) is 4.32. The van der Waals surface area contributed by atoms with Crippen LogP contribution in [0.15, 0.2) is 53.3 Å². The lowest BCUT2D eigenvalue weighted by atomic mass is 10.1. The number of benzene rings is 1. The Balaban J connectivity index is 1.55. The summed E-state index contributed by atoms with van der Waals surface area (Å²) in [5.41, 5.74) is 4.57. The van der Waals surface area contributed by atoms with Gasteiger partial charge in [-0.3, -0.25) is 4.90 Å². The number of fused-ring (bicyclic) bond motifs is 1. The predicted molar refractivity (Wildman–Crippen MR) is 88.7 cm³/mol. The van der Waals surface area contributed by atoms with E-state index in [0.717, 1.165) is 48.8 Å². The molecule has 3 aromatic rings. The minimum Gasteiger partial charge on any atom is -0.459 e. The molecule has 0 atom stereocenters. The smallest absolute Gasteiger partial charge is 0.153 e. The first-order valence-electron chi connectivity index (χ1n) is 7.94. The molecule has 0 aliphatic carbocycles. The van der Waals surface area contributed by atoms with Crippen molar-refractivity contribution in [2.45, 2.75) is 26.4 Å². The van der Waals surface area contributed by atoms with Crippen LogP contribution in [0.2, 0.25) is 0 Å². The fourth-order valence-electron chi connectivity index (χ4n) is 3.14. The minimum atomic E-state index is 0.858. The van der Waals surface area contributed by atoms with Gasteiger partial charge in [0.05, 0.1) is 0 Å². The van der Waals surface area contributed by atoms with Crippen LogP contribution in [-0.4, -0.2) is 21.4 Å². The van der Waals surface area contributed by atoms with E-state index in [-0.39, 0.29) is 0 Å². The summed E-state index contributed by atoms with van der Waals surface area (Å²) in [6.45, 7) is 4.95. The first-order chi connectivity index (χ1) is 11.3. The maximum atomic E-state index is 6.05. The van der Waals surface area contributed by atoms with Crippen molar-refractivity contribution in [3.05, 3.63) is 71.4 Å². The molecule has 3 heterocycles. The fraction of sp³-hybridized carbons (Fsp3) is 0.263. The molecule has 0 spiro atoms. The van der Waals surface area contributed by atoms with Crippen molar-refractivity contribution in [1.29, 1.82) is 0 Å². The number of rotatable bonds is 3. The highest BCUT2D eigenvalue weighted by Gasteiger charge is 2.22. The van der Waals surface area contributed by atoms with Crippen LogP contribution in [0.5, 0.6) is 0 Å². The number of aromatic nitrogens is 2. The van der Waals surface area contributed by atoms with Crippen LogP contribution in [0.1, 0.15) is 22.5 Å². The molecule has 23 heavy (non-hydrogen) atoms. The highest BCUT2D eigenvalue weighted by molar-refractivity contribution is 5.57. The molecule has 0 amide bonds. The average molecular weight is 305 g/mol. The molecule has 1 aromatic carbocycles. The second-order valence-electron chi connectivity index (χ2n) is 6.06. The van der Waals surface area contributed by atoms with E-state index in [9.17, 15) is 0 Å². The maximum Gasteiger partial charge on any atom is 0.153 e. The molecule has 0 bridgehead atoms. The Kier molecular flexibility index (Phi) is 3.67. The minimum absolute atomic E-state index is 0.858. The van der Waals surface area contributed by atoms with Gasteiger partial charge >= 0.3 is 0 Å². The van der Waals surface area contributed by atoms with Crippen molar-refractivity contribution in [2.75, 3.05) is 6.54 Å². The Morgan fingerprint density at radius 1 is 1.22 bits per heavy atom. The van der Waals surface area contributed by atoms with Crippen LogP contribution >= 0.6 is 0 Å². The average Bonchev–Trinajstić information content (AvgIpc) is 2.99. The van der Waals surface area contributed by atoms with Crippen molar-refractivity contribution < 1.29 is 4.42 Å². The van der Waals surface area contributed by atoms with E-state index in [1.165, 1.54) is 11.1 Å². The zero-order valence-corrected chi connectivity index (χ0v) is 13.2. The van der Waals surface area contributed by atoms with Crippen molar-refractivity contribution in [1.82, 2.24) is 14.9 Å². The van der Waals surface area contributed by atoms with Gasteiger partial charge in [0.1, 0.15) is 17.8 Å². The molecule has 0 radical (unpaired) electrons. The molecule has 0 unspecified atom stereocenters. The Bertz CT molecular complexity index is 810. The van der Waals surface area contributed by atoms with E-state index in [1.807, 2.05) is 13.1 Å². The monoisotopic (exact) mass is 305 g/mol. The van der Waals surface area contributed by atoms with Gasteiger partial charge in [0.25, 0.3) is 0 Å². The van der Waals surface area contributed by atoms with Gasteiger partial charge in [0.2, 0.25) is 0 Å². The molecule has 2 aromatic heterocycles. The van der Waals surface area contributed by atoms with Gasteiger partial charge in [0.15, 0.2) is 5.76 Å². The van der Waals surface area contributed by atoms with Crippen molar-refractivity contribution in [2.24, 2.45) is 0 Å². The van der Waals surface area contributed by atoms with E-state index >= 15 is 0 Å². The molecule has 4 nitrogen and oxygen atoms in total. The molecule has 4 rings (SSSR count). The Labute approximate surface area is 135 Å². The van der Waals surface area contributed by atoms with Crippen LogP contribution in [0.4, 0.5) is 0 Å². The van der Waals surface area contributed by atoms with Gasteiger partial charge in [-0.2, -0.15) is 0 Å². The highest BCUT2D eigenvalue weighted by atomic mass is 16.3. The summed E-state index contributed by atoms with van der Waals surface area (Å²) >= 11 is 0. The number of aryl methyl sites for hydroxylation is 1. The van der Waals surface area contributed by atoms with Crippen molar-refractivity contribution >= 4 is 0 Å². The first-order valence-corrected chi connectivity index (χ1v) is 7.94. The van der Waals surface area contributed by atoms with Gasteiger partial charge in [-0.25, -0.2) is 9.97 Å². The van der Waals surface area contributed by atoms with Gasteiger partial charge < -0.3 is 4.42 Å². The number of hydrogen-bond acceptors (Lipinski definition) is 4. The SMILES string of the molecule is Cc1cncnc1-c1cc2c(o1)CCN(Cc1ccccc1)C2. The molecule has 0 saturated carbocycles. The van der Waals surface area contributed by atoms with E-state index in [4.69, 9.17) is 4.42 Å². The second kappa shape index (κ2) is 5.97. The van der Waals surface area contributed by atoms with Gasteiger partial charge in [-0.15, -0.1) is 0 Å². The quantitative estimate of drug-likeness (QED) is 0.741. The first kappa shape index (κ1) is 14.2. The summed E-state index contributed by atoms with van der Waals surface area (Å²) in [5, 5.41) is 0. The molecule has 1 aliphatic heterocycles. The molecular formula is C19H19N3O. The van der Waals surface area contributed by atoms with Gasteiger partial charge in [0, 0.05) is 37.8 Å². The summed E-state index contributed by atoms with van der Waals surface area (Å²) in [6.07, 6.45) is 4.35. The molecule has 116 valence electrons. The summed E-state index contributed by atoms with van der Waals surface area (Å²) in [6, 6.07) is 12.8. The van der Waals surface area contributed by atoms with Crippen LogP contribution < -0.4 is 0 Å². The van der Waals surface area contributed by atoms with E-state index in [2.05, 4.69) is 51.3 Å². The van der Waals surface area contributed by atoms with Crippen molar-refractivity contribution in [3.8, 4) is 11.5 Å². The van der Waals surface area contributed by atoms with Crippen molar-refractivity contribution in [3.63, 3.8) is 0 Å². The summed E-state index contributed by atoms with van der Waals surface area (Å²) in [5.74, 6) is 1.96. The van der Waals surface area contributed by atoms with Crippen LogP contribution in [0.3, 0.4) is 0 Å². The van der Waals surface area contributed by atoms with E-state index in [0.29, 0.717) is 0 Å². The Morgan fingerprint density at radius 3 is 2.91 bits per heavy atom. The molecule has 1 aliphatic rings. The lowest BCUT2D eigenvalue weighted by Crippen LogP contribution is -2.29. The second-order valence-corrected chi connectivity index (χ2v) is 6.06. The Morgan fingerprint density at radius 2 is 2.09 bits per heavy atom. The number of furan rings is 1.